The fraction of sp³-hybridized carbons (Fsp3) is 0.471. The lowest BCUT2D eigenvalue weighted by molar-refractivity contribution is -0.696. The molecule has 0 radical (unpaired) electrons. The largest absolute Gasteiger partial charge is 0.480 e. The normalized spacial score (nSPS) is 12.8. The standard InChI is InChI=1S/C15H21N2.C2F6NO4S2/c1-2-3-4-8-11-16-12-13-17(14-16)15-9-6-5-7-10-15;3-1(4,5)14(10,11)9-15(12,13)2(6,7)8/h5-7,9-10,12-14H,2-4,8,11H2,1H3;/q+1;-1. The van der Waals surface area contributed by atoms with Crippen LogP contribution in [0.15, 0.2) is 49.1 Å². The van der Waals surface area contributed by atoms with Gasteiger partial charge in [0.1, 0.15) is 18.1 Å². The van der Waals surface area contributed by atoms with Gasteiger partial charge in [-0.25, -0.2) is 26.0 Å². The van der Waals surface area contributed by atoms with E-state index in [1.807, 2.05) is 6.07 Å². The van der Waals surface area contributed by atoms with E-state index in [1.165, 1.54) is 31.4 Å². The number of aryl methyl sites for hydroxylation is 1. The van der Waals surface area contributed by atoms with E-state index in [2.05, 4.69) is 59.0 Å². The molecule has 0 aliphatic carbocycles. The molecule has 0 N–H and O–H groups in total. The van der Waals surface area contributed by atoms with Crippen LogP contribution in [0.3, 0.4) is 0 Å². The van der Waals surface area contributed by atoms with Gasteiger partial charge in [-0.15, -0.1) is 0 Å². The van der Waals surface area contributed by atoms with E-state index in [0.717, 1.165) is 10.7 Å². The second kappa shape index (κ2) is 11.1. The highest BCUT2D eigenvalue weighted by Crippen LogP contribution is 2.36. The van der Waals surface area contributed by atoms with E-state index in [4.69, 9.17) is 0 Å². The molecular formula is C17H21F6N3O4S2. The van der Waals surface area contributed by atoms with E-state index in [-0.39, 0.29) is 0 Å². The average molecular weight is 509 g/mol. The summed E-state index contributed by atoms with van der Waals surface area (Å²) in [6.07, 6.45) is 11.7. The van der Waals surface area contributed by atoms with Crippen LogP contribution in [-0.4, -0.2) is 32.4 Å². The number of para-hydroxylation sites is 1. The number of hydrogen-bond acceptors (Lipinski definition) is 4. The summed E-state index contributed by atoms with van der Waals surface area (Å²) in [5, 5.41) is 0. The van der Waals surface area contributed by atoms with Crippen LogP contribution in [-0.2, 0) is 26.6 Å². The molecule has 15 heteroatoms. The lowest BCUT2D eigenvalue weighted by Crippen LogP contribution is -2.30. The molecule has 1 aromatic carbocycles. The molecule has 0 saturated carbocycles. The third-order valence-corrected chi connectivity index (χ3v) is 6.54. The summed E-state index contributed by atoms with van der Waals surface area (Å²) in [6.45, 7) is 3.37. The molecule has 0 unspecified atom stereocenters. The van der Waals surface area contributed by atoms with Gasteiger partial charge in [-0.3, -0.25) is 0 Å². The van der Waals surface area contributed by atoms with E-state index >= 15 is 0 Å². The van der Waals surface area contributed by atoms with E-state index in [1.54, 1.807) is 0 Å². The van der Waals surface area contributed by atoms with Gasteiger partial charge in [-0.05, 0) is 25.0 Å². The molecule has 0 bridgehead atoms. The van der Waals surface area contributed by atoms with Crippen LogP contribution >= 0.6 is 0 Å². The molecule has 182 valence electrons. The Morgan fingerprint density at radius 2 is 1.41 bits per heavy atom. The molecule has 1 aromatic heterocycles. The summed E-state index contributed by atoms with van der Waals surface area (Å²) in [5.41, 5.74) is -11.2. The molecule has 0 saturated heterocycles. The number of benzene rings is 1. The van der Waals surface area contributed by atoms with Gasteiger partial charge in [0.05, 0.1) is 6.54 Å². The summed E-state index contributed by atoms with van der Waals surface area (Å²) >= 11 is 0. The predicted octanol–water partition coefficient (Wildman–Crippen LogP) is 4.40. The van der Waals surface area contributed by atoms with Crippen molar-refractivity contribution in [2.24, 2.45) is 0 Å². The summed E-state index contributed by atoms with van der Waals surface area (Å²) in [6, 6.07) is 10.4. The maximum atomic E-state index is 11.4. The molecule has 1 heterocycles. The van der Waals surface area contributed by atoms with Crippen molar-refractivity contribution in [3.63, 3.8) is 0 Å². The topological polar surface area (TPSA) is 91.2 Å². The Balaban J connectivity index is 0.000000324. The summed E-state index contributed by atoms with van der Waals surface area (Å²) in [7, 11) is -13.4. The van der Waals surface area contributed by atoms with E-state index in [9.17, 15) is 43.2 Å². The maximum Gasteiger partial charge on any atom is 0.480 e. The zero-order valence-electron chi connectivity index (χ0n) is 16.7. The van der Waals surface area contributed by atoms with Gasteiger partial charge in [0, 0.05) is 0 Å². The second-order valence-corrected chi connectivity index (χ2v) is 9.79. The van der Waals surface area contributed by atoms with Crippen molar-refractivity contribution in [1.29, 1.82) is 0 Å². The van der Waals surface area contributed by atoms with Crippen LogP contribution in [0, 0.1) is 0 Å². The number of imidazole rings is 1. The highest BCUT2D eigenvalue weighted by Gasteiger charge is 2.46. The predicted molar refractivity (Wildman–Crippen MR) is 103 cm³/mol. The number of alkyl halides is 6. The monoisotopic (exact) mass is 509 g/mol. The second-order valence-electron chi connectivity index (χ2n) is 6.37. The molecular weight excluding hydrogens is 488 g/mol. The van der Waals surface area contributed by atoms with Crippen molar-refractivity contribution in [3.05, 3.63) is 53.2 Å². The van der Waals surface area contributed by atoms with Gasteiger partial charge < -0.3 is 4.13 Å². The lowest BCUT2D eigenvalue weighted by Gasteiger charge is -2.22. The number of aromatic nitrogens is 2. The zero-order chi connectivity index (χ0) is 24.6. The van der Waals surface area contributed by atoms with Gasteiger partial charge in [-0.1, -0.05) is 38.0 Å². The fourth-order valence-corrected chi connectivity index (χ4v) is 3.92. The van der Waals surface area contributed by atoms with Crippen molar-refractivity contribution in [2.45, 2.75) is 50.2 Å². The lowest BCUT2D eigenvalue weighted by atomic mass is 10.2. The van der Waals surface area contributed by atoms with Crippen molar-refractivity contribution >= 4 is 20.0 Å². The van der Waals surface area contributed by atoms with E-state index in [0.29, 0.717) is 0 Å². The Kier molecular flexibility index (Phi) is 9.71. The van der Waals surface area contributed by atoms with Gasteiger partial charge >= 0.3 is 11.0 Å². The molecule has 2 rings (SSSR count). The van der Waals surface area contributed by atoms with Crippen molar-refractivity contribution < 1.29 is 47.7 Å². The zero-order valence-corrected chi connectivity index (χ0v) is 18.3. The Hall–Kier alpha value is -2.13. The molecule has 0 atom stereocenters. The van der Waals surface area contributed by atoms with Gasteiger partial charge in [0.15, 0.2) is 20.0 Å². The minimum absolute atomic E-state index is 0.778. The van der Waals surface area contributed by atoms with Crippen LogP contribution in [0.5, 0.6) is 0 Å². The van der Waals surface area contributed by atoms with Crippen LogP contribution in [0.25, 0.3) is 9.81 Å². The van der Waals surface area contributed by atoms with Crippen molar-refractivity contribution in [1.82, 2.24) is 4.57 Å². The first-order valence-corrected chi connectivity index (χ1v) is 12.0. The first-order valence-electron chi connectivity index (χ1n) is 9.10. The Morgan fingerprint density at radius 3 is 1.88 bits per heavy atom. The SMILES string of the molecule is CCCCCC[n+]1ccn(-c2ccccc2)c1.O=S(=O)([N-]S(=O)(=O)C(F)(F)F)C(F)(F)F. The third-order valence-electron chi connectivity index (χ3n) is 3.80. The number of sulfonamides is 2. The number of nitrogens with zero attached hydrogens (tertiary/aromatic N) is 3. The van der Waals surface area contributed by atoms with Gasteiger partial charge in [-0.2, -0.15) is 26.3 Å². The quantitative estimate of drug-likeness (QED) is 0.300. The molecule has 32 heavy (non-hydrogen) atoms. The van der Waals surface area contributed by atoms with Crippen LogP contribution in [0.2, 0.25) is 0 Å². The fourth-order valence-electron chi connectivity index (χ4n) is 2.21. The molecule has 0 amide bonds. The van der Waals surface area contributed by atoms with Crippen molar-refractivity contribution in [3.8, 4) is 5.69 Å². The Bertz CT molecular complexity index is 1010. The minimum atomic E-state index is -6.72. The molecule has 7 nitrogen and oxygen atoms in total. The molecule has 0 aliphatic rings. The molecule has 0 fully saturated rings. The van der Waals surface area contributed by atoms with Crippen LogP contribution < -0.4 is 4.57 Å². The summed E-state index contributed by atoms with van der Waals surface area (Å²) in [5.74, 6) is 0. The van der Waals surface area contributed by atoms with Gasteiger partial charge in [0.25, 0.3) is 0 Å². The molecule has 2 aromatic rings. The number of hydrogen-bond donors (Lipinski definition) is 0. The minimum Gasteiger partial charge on any atom is -0.421 e. The van der Waals surface area contributed by atoms with Gasteiger partial charge in [0.2, 0.25) is 6.33 Å². The Morgan fingerprint density at radius 1 is 0.875 bits per heavy atom. The highest BCUT2D eigenvalue weighted by atomic mass is 32.3. The molecule has 0 aliphatic heterocycles. The smallest absolute Gasteiger partial charge is 0.421 e. The Labute approximate surface area is 181 Å². The number of halogens is 6. The first-order chi connectivity index (χ1) is 14.6. The first kappa shape index (κ1) is 27.9. The third kappa shape index (κ3) is 8.43. The number of rotatable bonds is 8. The summed E-state index contributed by atoms with van der Waals surface area (Å²) < 4.78 is 114. The molecule has 0 spiro atoms. The van der Waals surface area contributed by atoms with Crippen LogP contribution in [0.1, 0.15) is 32.6 Å². The van der Waals surface area contributed by atoms with Crippen LogP contribution in [0.4, 0.5) is 26.3 Å². The van der Waals surface area contributed by atoms with Crippen molar-refractivity contribution in [2.75, 3.05) is 0 Å². The average Bonchev–Trinajstić information content (AvgIpc) is 3.13. The maximum absolute atomic E-state index is 11.4. The highest BCUT2D eigenvalue weighted by molar-refractivity contribution is 8.13. The number of unbranched alkanes of at least 4 members (excludes halogenated alkanes) is 3. The van der Waals surface area contributed by atoms with E-state index < -0.39 is 31.1 Å². The summed E-state index contributed by atoms with van der Waals surface area (Å²) in [4.78, 5) is 0.